The molecule has 8 nitrogen and oxygen atoms in total. The van der Waals surface area contributed by atoms with Crippen LogP contribution < -0.4 is 14.8 Å². The number of hydrogen-bond acceptors (Lipinski definition) is 7. The Morgan fingerprint density at radius 3 is 2.70 bits per heavy atom. The fourth-order valence-electron chi connectivity index (χ4n) is 4.33. The van der Waals surface area contributed by atoms with E-state index in [-0.39, 0.29) is 17.8 Å². The van der Waals surface area contributed by atoms with Crippen LogP contribution in [0, 0.1) is 5.41 Å². The number of allylic oxidation sites excluding steroid dienone is 2. The molecule has 0 radical (unpaired) electrons. The largest absolute Gasteiger partial charge is 0.493 e. The van der Waals surface area contributed by atoms with Crippen LogP contribution in [0.25, 0.3) is 0 Å². The van der Waals surface area contributed by atoms with Crippen LogP contribution in [0.4, 0.5) is 5.95 Å². The van der Waals surface area contributed by atoms with E-state index >= 15 is 0 Å². The fourth-order valence-corrected chi connectivity index (χ4v) is 4.33. The Balaban J connectivity index is 1.86. The van der Waals surface area contributed by atoms with Crippen LogP contribution in [0.15, 0.2) is 29.5 Å². The number of ether oxygens (including phenoxy) is 2. The molecule has 0 amide bonds. The molecular formula is C22H28N4O4. The van der Waals surface area contributed by atoms with Crippen molar-refractivity contribution in [3.63, 3.8) is 0 Å². The molecule has 0 fully saturated rings. The van der Waals surface area contributed by atoms with E-state index in [0.29, 0.717) is 42.5 Å². The minimum atomic E-state index is -0.393. The first-order chi connectivity index (χ1) is 14.4. The molecule has 1 unspecified atom stereocenters. The summed E-state index contributed by atoms with van der Waals surface area (Å²) in [6.07, 6.45) is 2.40. The van der Waals surface area contributed by atoms with Gasteiger partial charge in [-0.05, 0) is 36.0 Å². The minimum absolute atomic E-state index is 0.0812. The summed E-state index contributed by atoms with van der Waals surface area (Å²) in [6, 6.07) is 5.28. The lowest BCUT2D eigenvalue weighted by molar-refractivity contribution is -0.118. The number of nitrogens with one attached hydrogen (secondary N) is 1. The number of benzene rings is 1. The maximum atomic E-state index is 13.2. The molecule has 0 spiro atoms. The van der Waals surface area contributed by atoms with E-state index in [1.165, 1.54) is 0 Å². The van der Waals surface area contributed by atoms with Gasteiger partial charge in [-0.3, -0.25) is 4.79 Å². The van der Waals surface area contributed by atoms with E-state index in [1.807, 2.05) is 18.2 Å². The molecule has 4 rings (SSSR count). The number of aliphatic hydroxyl groups excluding tert-OH is 1. The zero-order chi connectivity index (χ0) is 21.5. The first kappa shape index (κ1) is 20.4. The number of aryl methyl sites for hydroxylation is 1. The highest BCUT2D eigenvalue weighted by Gasteiger charge is 2.42. The van der Waals surface area contributed by atoms with E-state index < -0.39 is 6.04 Å². The quantitative estimate of drug-likeness (QED) is 0.753. The smallest absolute Gasteiger partial charge is 0.226 e. The number of aromatic nitrogens is 3. The summed E-state index contributed by atoms with van der Waals surface area (Å²) in [6.45, 7) is 4.29. The summed E-state index contributed by atoms with van der Waals surface area (Å²) in [7, 11) is 3.19. The molecule has 2 aromatic rings. The lowest BCUT2D eigenvalue weighted by atomic mass is 9.73. The van der Waals surface area contributed by atoms with E-state index in [0.717, 1.165) is 23.3 Å². The van der Waals surface area contributed by atoms with Gasteiger partial charge in [0.15, 0.2) is 23.1 Å². The van der Waals surface area contributed by atoms with Gasteiger partial charge in [-0.2, -0.15) is 10.1 Å². The van der Waals surface area contributed by atoms with E-state index in [2.05, 4.69) is 29.2 Å². The molecule has 0 bridgehead atoms. The van der Waals surface area contributed by atoms with Crippen LogP contribution in [0.3, 0.4) is 0 Å². The van der Waals surface area contributed by atoms with Crippen molar-refractivity contribution in [3.8, 4) is 11.5 Å². The Hall–Kier alpha value is -2.87. The van der Waals surface area contributed by atoms with Crippen LogP contribution in [0.1, 0.15) is 50.5 Å². The molecule has 1 aliphatic heterocycles. The molecule has 0 saturated carbocycles. The Morgan fingerprint density at radius 2 is 2.00 bits per heavy atom. The summed E-state index contributed by atoms with van der Waals surface area (Å²) in [5.74, 6) is 2.60. The summed E-state index contributed by atoms with van der Waals surface area (Å²) in [4.78, 5) is 17.9. The molecule has 1 aromatic heterocycles. The lowest BCUT2D eigenvalue weighted by Gasteiger charge is -2.38. The highest BCUT2D eigenvalue weighted by atomic mass is 16.5. The predicted molar refractivity (Wildman–Crippen MR) is 112 cm³/mol. The number of anilines is 1. The molecule has 1 aliphatic carbocycles. The van der Waals surface area contributed by atoms with Crippen molar-refractivity contribution in [2.75, 3.05) is 26.1 Å². The Bertz CT molecular complexity index is 1010. The van der Waals surface area contributed by atoms with Gasteiger partial charge in [-0.1, -0.05) is 19.9 Å². The van der Waals surface area contributed by atoms with E-state index in [9.17, 15) is 9.90 Å². The predicted octanol–water partition coefficient (Wildman–Crippen LogP) is 2.88. The van der Waals surface area contributed by atoms with Crippen molar-refractivity contribution in [1.29, 1.82) is 0 Å². The van der Waals surface area contributed by atoms with E-state index in [4.69, 9.17) is 9.47 Å². The van der Waals surface area contributed by atoms with Gasteiger partial charge in [-0.25, -0.2) is 4.68 Å². The van der Waals surface area contributed by atoms with Gasteiger partial charge in [0.05, 0.1) is 14.2 Å². The van der Waals surface area contributed by atoms with Gasteiger partial charge in [0.1, 0.15) is 6.04 Å². The molecular weight excluding hydrogens is 384 g/mol. The number of rotatable bonds is 6. The second kappa shape index (κ2) is 7.75. The number of aliphatic hydroxyl groups is 1. The summed E-state index contributed by atoms with van der Waals surface area (Å²) >= 11 is 0. The van der Waals surface area contributed by atoms with Crippen LogP contribution in [0.2, 0.25) is 0 Å². The number of fused-ring (bicyclic) bond motifs is 1. The Kier molecular flexibility index (Phi) is 5.27. The van der Waals surface area contributed by atoms with Crippen LogP contribution in [-0.2, 0) is 11.2 Å². The van der Waals surface area contributed by atoms with E-state index in [1.54, 1.807) is 18.9 Å². The van der Waals surface area contributed by atoms with Gasteiger partial charge in [0.2, 0.25) is 5.95 Å². The SMILES string of the molecule is COc1ccc(C2C3=C(CC(C)(C)CC3=O)Nc3nc(CCCO)nn32)cc1OC. The number of Topliss-reactive ketones (excluding diaryl/α,β-unsaturated/α-hetero) is 1. The second-order valence-electron chi connectivity index (χ2n) is 8.60. The number of hydrogen-bond donors (Lipinski definition) is 2. The minimum Gasteiger partial charge on any atom is -0.493 e. The normalized spacial score (nSPS) is 19.8. The Morgan fingerprint density at radius 1 is 1.23 bits per heavy atom. The zero-order valence-electron chi connectivity index (χ0n) is 17.9. The Labute approximate surface area is 175 Å². The molecule has 0 saturated heterocycles. The van der Waals surface area contributed by atoms with Gasteiger partial charge >= 0.3 is 0 Å². The molecule has 2 heterocycles. The van der Waals surface area contributed by atoms with Gasteiger partial charge in [0, 0.05) is 30.7 Å². The monoisotopic (exact) mass is 412 g/mol. The highest BCUT2D eigenvalue weighted by Crippen LogP contribution is 2.46. The first-order valence-electron chi connectivity index (χ1n) is 10.2. The average molecular weight is 412 g/mol. The maximum Gasteiger partial charge on any atom is 0.226 e. The van der Waals surface area contributed by atoms with Crippen LogP contribution in [0.5, 0.6) is 11.5 Å². The van der Waals surface area contributed by atoms with Gasteiger partial charge in [-0.15, -0.1) is 0 Å². The summed E-state index contributed by atoms with van der Waals surface area (Å²) in [5, 5.41) is 17.2. The molecule has 2 aliphatic rings. The van der Waals surface area contributed by atoms with Crippen molar-refractivity contribution in [2.24, 2.45) is 5.41 Å². The number of carbonyl (C=O) groups excluding carboxylic acids is 1. The van der Waals surface area contributed by atoms with Gasteiger partial charge < -0.3 is 19.9 Å². The van der Waals surface area contributed by atoms with Crippen molar-refractivity contribution in [3.05, 3.63) is 40.9 Å². The zero-order valence-corrected chi connectivity index (χ0v) is 17.9. The maximum absolute atomic E-state index is 13.2. The first-order valence-corrected chi connectivity index (χ1v) is 10.2. The standard InChI is InChI=1S/C22H28N4O4/c1-22(2)11-14-19(15(28)12-22)20(13-7-8-16(29-3)17(10-13)30-4)26-21(23-14)24-18(25-26)6-5-9-27/h7-8,10,20,27H,5-6,9,11-12H2,1-4H3,(H,23,24,25). The second-order valence-corrected chi connectivity index (χ2v) is 8.60. The van der Waals surface area contributed by atoms with Crippen molar-refractivity contribution >= 4 is 11.7 Å². The third kappa shape index (κ3) is 3.56. The number of ketones is 1. The number of carbonyl (C=O) groups is 1. The number of methoxy groups -OCH3 is 2. The van der Waals surface area contributed by atoms with Crippen LogP contribution in [-0.4, -0.2) is 46.5 Å². The molecule has 1 aromatic carbocycles. The van der Waals surface area contributed by atoms with Crippen molar-refractivity contribution in [2.45, 2.75) is 45.6 Å². The highest BCUT2D eigenvalue weighted by molar-refractivity contribution is 6.00. The van der Waals surface area contributed by atoms with Crippen molar-refractivity contribution < 1.29 is 19.4 Å². The van der Waals surface area contributed by atoms with Crippen LogP contribution >= 0.6 is 0 Å². The van der Waals surface area contributed by atoms with Crippen molar-refractivity contribution in [1.82, 2.24) is 14.8 Å². The lowest BCUT2D eigenvalue weighted by Crippen LogP contribution is -2.36. The molecule has 1 atom stereocenters. The molecule has 30 heavy (non-hydrogen) atoms. The fraction of sp³-hybridized carbons (Fsp3) is 0.500. The molecule has 8 heteroatoms. The topological polar surface area (TPSA) is 98.5 Å². The third-order valence-corrected chi connectivity index (χ3v) is 5.66. The molecule has 160 valence electrons. The molecule has 2 N–H and O–H groups in total. The average Bonchev–Trinajstić information content (AvgIpc) is 3.11. The summed E-state index contributed by atoms with van der Waals surface area (Å²) in [5.41, 5.74) is 2.40. The summed E-state index contributed by atoms with van der Waals surface area (Å²) < 4.78 is 12.7. The van der Waals surface area contributed by atoms with Gasteiger partial charge in [0.25, 0.3) is 0 Å². The third-order valence-electron chi connectivity index (χ3n) is 5.66. The number of nitrogens with zero attached hydrogens (tertiary/aromatic N) is 3.